The highest BCUT2D eigenvalue weighted by Gasteiger charge is 2.18. The lowest BCUT2D eigenvalue weighted by Gasteiger charge is -2.25. The van der Waals surface area contributed by atoms with E-state index < -0.39 is 5.91 Å². The van der Waals surface area contributed by atoms with Crippen LogP contribution in [0.4, 0.5) is 0 Å². The van der Waals surface area contributed by atoms with Crippen molar-refractivity contribution in [2.75, 3.05) is 32.8 Å². The van der Waals surface area contributed by atoms with E-state index in [1.54, 1.807) is 0 Å². The Morgan fingerprint density at radius 1 is 1.35 bits per heavy atom. The van der Waals surface area contributed by atoms with Crippen LogP contribution in [0.2, 0.25) is 0 Å². The van der Waals surface area contributed by atoms with Gasteiger partial charge in [-0.15, -0.1) is 0 Å². The van der Waals surface area contributed by atoms with Crippen LogP contribution in [0, 0.1) is 5.92 Å². The van der Waals surface area contributed by atoms with Gasteiger partial charge in [-0.1, -0.05) is 13.8 Å². The SMILES string of the molecule is CC(C)CN(CC(N)=O)C(=O)CCOC1CCNCC1. The maximum absolute atomic E-state index is 12.1. The largest absolute Gasteiger partial charge is 0.378 e. The van der Waals surface area contributed by atoms with Crippen molar-refractivity contribution in [2.45, 2.75) is 39.2 Å². The van der Waals surface area contributed by atoms with Gasteiger partial charge in [-0.3, -0.25) is 9.59 Å². The first-order valence-electron chi connectivity index (χ1n) is 7.37. The van der Waals surface area contributed by atoms with Crippen molar-refractivity contribution in [3.8, 4) is 0 Å². The molecule has 0 radical (unpaired) electrons. The van der Waals surface area contributed by atoms with E-state index in [0.29, 0.717) is 25.5 Å². The van der Waals surface area contributed by atoms with Gasteiger partial charge in [-0.05, 0) is 31.8 Å². The predicted molar refractivity (Wildman–Crippen MR) is 77.1 cm³/mol. The molecule has 20 heavy (non-hydrogen) atoms. The number of piperidine rings is 1. The van der Waals surface area contributed by atoms with Gasteiger partial charge >= 0.3 is 0 Å². The van der Waals surface area contributed by atoms with Crippen molar-refractivity contribution in [3.63, 3.8) is 0 Å². The first-order valence-corrected chi connectivity index (χ1v) is 7.37. The van der Waals surface area contributed by atoms with Gasteiger partial charge in [0.15, 0.2) is 0 Å². The zero-order valence-corrected chi connectivity index (χ0v) is 12.6. The quantitative estimate of drug-likeness (QED) is 0.663. The van der Waals surface area contributed by atoms with E-state index in [9.17, 15) is 9.59 Å². The van der Waals surface area contributed by atoms with Gasteiger partial charge in [0.2, 0.25) is 11.8 Å². The summed E-state index contributed by atoms with van der Waals surface area (Å²) in [6, 6.07) is 0. The summed E-state index contributed by atoms with van der Waals surface area (Å²) in [5, 5.41) is 3.27. The zero-order chi connectivity index (χ0) is 15.0. The molecular weight excluding hydrogens is 258 g/mol. The van der Waals surface area contributed by atoms with Gasteiger partial charge in [0.1, 0.15) is 0 Å². The maximum Gasteiger partial charge on any atom is 0.237 e. The van der Waals surface area contributed by atoms with Crippen LogP contribution in [-0.2, 0) is 14.3 Å². The number of ether oxygens (including phenoxy) is 1. The molecule has 0 aromatic rings. The number of nitrogens with zero attached hydrogens (tertiary/aromatic N) is 1. The Balaban J connectivity index is 2.30. The second-order valence-corrected chi connectivity index (χ2v) is 5.70. The number of nitrogens with one attached hydrogen (secondary N) is 1. The molecule has 3 N–H and O–H groups in total. The van der Waals surface area contributed by atoms with E-state index in [-0.39, 0.29) is 18.6 Å². The topological polar surface area (TPSA) is 84.7 Å². The summed E-state index contributed by atoms with van der Waals surface area (Å²) in [6.07, 6.45) is 2.54. The zero-order valence-electron chi connectivity index (χ0n) is 12.6. The molecule has 0 aromatic carbocycles. The van der Waals surface area contributed by atoms with E-state index in [0.717, 1.165) is 25.9 Å². The van der Waals surface area contributed by atoms with Crippen LogP contribution < -0.4 is 11.1 Å². The third kappa shape index (κ3) is 6.86. The Morgan fingerprint density at radius 3 is 2.55 bits per heavy atom. The minimum atomic E-state index is -0.474. The minimum Gasteiger partial charge on any atom is -0.378 e. The molecule has 0 bridgehead atoms. The normalized spacial score (nSPS) is 16.4. The lowest BCUT2D eigenvalue weighted by atomic mass is 10.1. The van der Waals surface area contributed by atoms with Crippen LogP contribution in [0.15, 0.2) is 0 Å². The molecular formula is C14H27N3O3. The lowest BCUT2D eigenvalue weighted by molar-refractivity contribution is -0.137. The van der Waals surface area contributed by atoms with Crippen molar-refractivity contribution in [2.24, 2.45) is 11.7 Å². The van der Waals surface area contributed by atoms with Gasteiger partial charge < -0.3 is 20.7 Å². The van der Waals surface area contributed by atoms with E-state index >= 15 is 0 Å². The molecule has 6 nitrogen and oxygen atoms in total. The van der Waals surface area contributed by atoms with Crippen molar-refractivity contribution in [1.29, 1.82) is 0 Å². The van der Waals surface area contributed by atoms with Crippen LogP contribution in [0.5, 0.6) is 0 Å². The van der Waals surface area contributed by atoms with Gasteiger partial charge in [0, 0.05) is 6.54 Å². The van der Waals surface area contributed by atoms with Gasteiger partial charge in [-0.2, -0.15) is 0 Å². The Hall–Kier alpha value is -1.14. The third-order valence-electron chi connectivity index (χ3n) is 3.24. The molecule has 0 aliphatic carbocycles. The molecule has 0 unspecified atom stereocenters. The van der Waals surface area contributed by atoms with E-state index in [2.05, 4.69) is 5.32 Å². The Labute approximate surface area is 121 Å². The van der Waals surface area contributed by atoms with E-state index in [1.807, 2.05) is 13.8 Å². The van der Waals surface area contributed by atoms with Crippen LogP contribution in [0.25, 0.3) is 0 Å². The Kier molecular flexibility index (Phi) is 7.54. The minimum absolute atomic E-state index is 0.00956. The fourth-order valence-electron chi connectivity index (χ4n) is 2.32. The molecule has 0 saturated carbocycles. The maximum atomic E-state index is 12.1. The van der Waals surface area contributed by atoms with Gasteiger partial charge in [0.05, 0.1) is 25.7 Å². The molecule has 6 heteroatoms. The van der Waals surface area contributed by atoms with Crippen molar-refractivity contribution >= 4 is 11.8 Å². The van der Waals surface area contributed by atoms with E-state index in [1.165, 1.54) is 4.90 Å². The predicted octanol–water partition coefficient (Wildman–Crippen LogP) is 0.115. The Bertz CT molecular complexity index is 315. The standard InChI is InChI=1S/C14H27N3O3/c1-11(2)9-17(10-13(15)18)14(19)5-8-20-12-3-6-16-7-4-12/h11-12,16H,3-10H2,1-2H3,(H2,15,18). The lowest BCUT2D eigenvalue weighted by Crippen LogP contribution is -2.41. The molecule has 116 valence electrons. The van der Waals surface area contributed by atoms with Crippen molar-refractivity contribution < 1.29 is 14.3 Å². The van der Waals surface area contributed by atoms with Gasteiger partial charge in [0.25, 0.3) is 0 Å². The average Bonchev–Trinajstić information content (AvgIpc) is 2.38. The van der Waals surface area contributed by atoms with Crippen LogP contribution in [0.1, 0.15) is 33.1 Å². The number of rotatable bonds is 8. The number of hydrogen-bond donors (Lipinski definition) is 2. The molecule has 1 heterocycles. The summed E-state index contributed by atoms with van der Waals surface area (Å²) in [5.41, 5.74) is 5.18. The fraction of sp³-hybridized carbons (Fsp3) is 0.857. The summed E-state index contributed by atoms with van der Waals surface area (Å²) < 4.78 is 5.71. The van der Waals surface area contributed by atoms with Gasteiger partial charge in [-0.25, -0.2) is 0 Å². The van der Waals surface area contributed by atoms with Crippen molar-refractivity contribution in [1.82, 2.24) is 10.2 Å². The first kappa shape index (κ1) is 16.9. The number of primary amides is 1. The highest BCUT2D eigenvalue weighted by molar-refractivity contribution is 5.83. The highest BCUT2D eigenvalue weighted by atomic mass is 16.5. The smallest absolute Gasteiger partial charge is 0.237 e. The fourth-order valence-corrected chi connectivity index (χ4v) is 2.32. The molecule has 1 aliphatic rings. The molecule has 0 spiro atoms. The first-order chi connectivity index (χ1) is 9.49. The van der Waals surface area contributed by atoms with Crippen LogP contribution in [0.3, 0.4) is 0 Å². The van der Waals surface area contributed by atoms with Crippen LogP contribution in [-0.4, -0.2) is 55.6 Å². The second-order valence-electron chi connectivity index (χ2n) is 5.70. The summed E-state index contributed by atoms with van der Waals surface area (Å²) >= 11 is 0. The second kappa shape index (κ2) is 8.92. The Morgan fingerprint density at radius 2 is 2.00 bits per heavy atom. The average molecular weight is 285 g/mol. The number of hydrogen-bond acceptors (Lipinski definition) is 4. The van der Waals surface area contributed by atoms with E-state index in [4.69, 9.17) is 10.5 Å². The number of amides is 2. The summed E-state index contributed by atoms with van der Waals surface area (Å²) in [6.45, 7) is 6.91. The summed E-state index contributed by atoms with van der Waals surface area (Å²) in [5.74, 6) is -0.228. The monoisotopic (exact) mass is 285 g/mol. The molecule has 2 amide bonds. The van der Waals surface area contributed by atoms with Crippen molar-refractivity contribution in [3.05, 3.63) is 0 Å². The number of carbonyl (C=O) groups is 2. The molecule has 1 aliphatic heterocycles. The molecule has 0 atom stereocenters. The van der Waals surface area contributed by atoms with Crippen LogP contribution >= 0.6 is 0 Å². The molecule has 0 aromatic heterocycles. The summed E-state index contributed by atoms with van der Waals surface area (Å²) in [7, 11) is 0. The number of carbonyl (C=O) groups excluding carboxylic acids is 2. The molecule has 1 rings (SSSR count). The third-order valence-corrected chi connectivity index (χ3v) is 3.24. The summed E-state index contributed by atoms with van der Waals surface area (Å²) in [4.78, 5) is 24.6. The number of nitrogens with two attached hydrogens (primary N) is 1. The molecule has 1 saturated heterocycles. The highest BCUT2D eigenvalue weighted by Crippen LogP contribution is 2.08. The molecule has 1 fully saturated rings.